The van der Waals surface area contributed by atoms with E-state index in [2.05, 4.69) is 0 Å². The Balaban J connectivity index is 2.73. The van der Waals surface area contributed by atoms with Gasteiger partial charge in [-0.1, -0.05) is 0 Å². The number of phenolic OH excluding ortho intramolecular Hbond substituents is 1. The molecule has 0 amide bonds. The van der Waals surface area contributed by atoms with Gasteiger partial charge in [-0.05, 0) is 25.5 Å². The van der Waals surface area contributed by atoms with Crippen LogP contribution in [0, 0.1) is 6.92 Å². The quantitative estimate of drug-likeness (QED) is 0.859. The molecule has 0 aliphatic rings. The first kappa shape index (κ1) is 11.4. The van der Waals surface area contributed by atoms with Crippen LogP contribution < -0.4 is 5.43 Å². The number of hydrogen-bond acceptors (Lipinski definition) is 4. The summed E-state index contributed by atoms with van der Waals surface area (Å²) in [7, 11) is 0. The van der Waals surface area contributed by atoms with Gasteiger partial charge < -0.3 is 9.52 Å². The molecule has 0 radical (unpaired) electrons. The van der Waals surface area contributed by atoms with Gasteiger partial charge >= 0.3 is 0 Å². The predicted octanol–water partition coefficient (Wildman–Crippen LogP) is 1.94. The third kappa shape index (κ3) is 2.20. The van der Waals surface area contributed by atoms with Crippen LogP contribution in [0.2, 0.25) is 0 Å². The molecule has 1 heterocycles. The summed E-state index contributed by atoms with van der Waals surface area (Å²) in [5.74, 6) is 0.280. The Kier molecular flexibility index (Phi) is 2.71. The molecule has 0 fully saturated rings. The van der Waals surface area contributed by atoms with Crippen molar-refractivity contribution in [3.63, 3.8) is 0 Å². The summed E-state index contributed by atoms with van der Waals surface area (Å²) in [6.45, 7) is 3.15. The minimum absolute atomic E-state index is 0.0399. The first-order chi connectivity index (χ1) is 7.97. The number of phenols is 1. The maximum Gasteiger partial charge on any atom is 0.193 e. The molecular formula is C13H12O4. The van der Waals surface area contributed by atoms with Gasteiger partial charge in [0.05, 0.1) is 11.8 Å². The van der Waals surface area contributed by atoms with Crippen LogP contribution in [0.3, 0.4) is 0 Å². The van der Waals surface area contributed by atoms with E-state index in [0.717, 1.165) is 0 Å². The Bertz CT molecular complexity index is 652. The van der Waals surface area contributed by atoms with E-state index < -0.39 is 0 Å². The fourth-order valence-corrected chi connectivity index (χ4v) is 1.85. The second-order valence-electron chi connectivity index (χ2n) is 4.09. The van der Waals surface area contributed by atoms with Crippen molar-refractivity contribution in [3.05, 3.63) is 39.7 Å². The lowest BCUT2D eigenvalue weighted by atomic mass is 10.1. The Labute approximate surface area is 97.5 Å². The van der Waals surface area contributed by atoms with Crippen LogP contribution >= 0.6 is 0 Å². The lowest BCUT2D eigenvalue weighted by Crippen LogP contribution is -2.06. The van der Waals surface area contributed by atoms with Crippen molar-refractivity contribution in [3.8, 4) is 5.75 Å². The van der Waals surface area contributed by atoms with E-state index in [1.807, 2.05) is 0 Å². The molecule has 0 atom stereocenters. The maximum atomic E-state index is 11.9. The molecule has 17 heavy (non-hydrogen) atoms. The summed E-state index contributed by atoms with van der Waals surface area (Å²) in [4.78, 5) is 22.8. The van der Waals surface area contributed by atoms with Crippen molar-refractivity contribution < 1.29 is 14.3 Å². The number of Topliss-reactive ketones (excluding diaryl/α,β-unsaturated/α-hetero) is 1. The molecule has 1 aromatic heterocycles. The van der Waals surface area contributed by atoms with E-state index >= 15 is 0 Å². The van der Waals surface area contributed by atoms with Gasteiger partial charge in [-0.2, -0.15) is 0 Å². The van der Waals surface area contributed by atoms with Gasteiger partial charge in [-0.3, -0.25) is 9.59 Å². The number of rotatable bonds is 2. The summed E-state index contributed by atoms with van der Waals surface area (Å²) in [6.07, 6.45) is 0.0832. The van der Waals surface area contributed by atoms with Crippen molar-refractivity contribution in [1.82, 2.24) is 0 Å². The molecule has 2 aromatic rings. The van der Waals surface area contributed by atoms with Crippen molar-refractivity contribution in [2.75, 3.05) is 0 Å². The van der Waals surface area contributed by atoms with Crippen LogP contribution in [0.1, 0.15) is 18.2 Å². The lowest BCUT2D eigenvalue weighted by molar-refractivity contribution is -0.116. The van der Waals surface area contributed by atoms with Gasteiger partial charge in [0.25, 0.3) is 0 Å². The van der Waals surface area contributed by atoms with Crippen molar-refractivity contribution in [1.29, 1.82) is 0 Å². The molecule has 2 rings (SSSR count). The zero-order valence-corrected chi connectivity index (χ0v) is 9.61. The van der Waals surface area contributed by atoms with Gasteiger partial charge in [-0.25, -0.2) is 0 Å². The van der Waals surface area contributed by atoms with Gasteiger partial charge in [-0.15, -0.1) is 0 Å². The topological polar surface area (TPSA) is 67.5 Å². The minimum Gasteiger partial charge on any atom is -0.508 e. The third-order valence-electron chi connectivity index (χ3n) is 2.49. The van der Waals surface area contributed by atoms with Crippen LogP contribution in [0.4, 0.5) is 0 Å². The summed E-state index contributed by atoms with van der Waals surface area (Å²) < 4.78 is 5.43. The number of fused-ring (bicyclic) bond motifs is 1. The smallest absolute Gasteiger partial charge is 0.193 e. The monoisotopic (exact) mass is 232 g/mol. The summed E-state index contributed by atoms with van der Waals surface area (Å²) >= 11 is 0. The van der Waals surface area contributed by atoms with Gasteiger partial charge in [0.15, 0.2) is 5.43 Å². The number of aryl methyl sites for hydroxylation is 1. The number of ketones is 1. The zero-order valence-electron chi connectivity index (χ0n) is 9.61. The number of carbonyl (C=O) groups is 1. The lowest BCUT2D eigenvalue weighted by Gasteiger charge is -2.04. The van der Waals surface area contributed by atoms with Gasteiger partial charge in [0.1, 0.15) is 22.9 Å². The number of hydrogen-bond donors (Lipinski definition) is 1. The molecular weight excluding hydrogens is 220 g/mol. The highest BCUT2D eigenvalue weighted by molar-refractivity contribution is 5.83. The Morgan fingerprint density at radius 2 is 2.06 bits per heavy atom. The Morgan fingerprint density at radius 1 is 1.35 bits per heavy atom. The third-order valence-corrected chi connectivity index (χ3v) is 2.49. The summed E-state index contributed by atoms with van der Waals surface area (Å²) in [5.41, 5.74) is 0.773. The van der Waals surface area contributed by atoms with Crippen LogP contribution in [-0.4, -0.2) is 10.9 Å². The summed E-state index contributed by atoms with van der Waals surface area (Å²) in [6, 6.07) is 4.21. The first-order valence-electron chi connectivity index (χ1n) is 5.23. The first-order valence-corrected chi connectivity index (χ1v) is 5.23. The highest BCUT2D eigenvalue weighted by Gasteiger charge is 2.10. The minimum atomic E-state index is -0.194. The Morgan fingerprint density at radius 3 is 2.71 bits per heavy atom. The molecule has 0 saturated heterocycles. The molecule has 1 N–H and O–H groups in total. The van der Waals surface area contributed by atoms with Crippen molar-refractivity contribution in [2.24, 2.45) is 0 Å². The van der Waals surface area contributed by atoms with E-state index in [1.54, 1.807) is 6.92 Å². The SMILES string of the molecule is CC(=O)Cc1cc(=O)c2c(C)cc(O)cc2o1. The molecule has 4 heteroatoms. The molecule has 0 spiro atoms. The van der Waals surface area contributed by atoms with Gasteiger partial charge in [0, 0.05) is 12.1 Å². The van der Waals surface area contributed by atoms with E-state index in [1.165, 1.54) is 25.1 Å². The number of aromatic hydroxyl groups is 1. The molecule has 0 unspecified atom stereocenters. The zero-order chi connectivity index (χ0) is 12.6. The molecule has 0 aliphatic heterocycles. The van der Waals surface area contributed by atoms with Crippen molar-refractivity contribution in [2.45, 2.75) is 20.3 Å². The van der Waals surface area contributed by atoms with Gasteiger partial charge in [0.2, 0.25) is 0 Å². The van der Waals surface area contributed by atoms with E-state index in [9.17, 15) is 14.7 Å². The summed E-state index contributed by atoms with van der Waals surface area (Å²) in [5, 5.41) is 9.89. The van der Waals surface area contributed by atoms with Crippen LogP contribution in [0.25, 0.3) is 11.0 Å². The molecule has 88 valence electrons. The second-order valence-corrected chi connectivity index (χ2v) is 4.09. The van der Waals surface area contributed by atoms with E-state index in [4.69, 9.17) is 4.42 Å². The average Bonchev–Trinajstić information content (AvgIpc) is 2.13. The molecule has 0 saturated carbocycles. The fourth-order valence-electron chi connectivity index (χ4n) is 1.85. The molecule has 0 aliphatic carbocycles. The van der Waals surface area contributed by atoms with E-state index in [-0.39, 0.29) is 23.4 Å². The second kappa shape index (κ2) is 4.05. The van der Waals surface area contributed by atoms with Crippen LogP contribution in [0.5, 0.6) is 5.75 Å². The average molecular weight is 232 g/mol. The normalized spacial score (nSPS) is 10.7. The number of carbonyl (C=O) groups excluding carboxylic acids is 1. The van der Waals surface area contributed by atoms with E-state index in [0.29, 0.717) is 22.3 Å². The number of benzene rings is 1. The van der Waals surface area contributed by atoms with Crippen LogP contribution in [-0.2, 0) is 11.2 Å². The van der Waals surface area contributed by atoms with Crippen LogP contribution in [0.15, 0.2) is 27.4 Å². The van der Waals surface area contributed by atoms with Crippen molar-refractivity contribution >= 4 is 16.8 Å². The highest BCUT2D eigenvalue weighted by Crippen LogP contribution is 2.22. The standard InChI is InChI=1S/C13H12O4/c1-7-3-9(15)5-12-13(7)11(16)6-10(17-12)4-8(2)14/h3,5-6,15H,4H2,1-2H3. The molecule has 0 bridgehead atoms. The molecule has 4 nitrogen and oxygen atoms in total. The maximum absolute atomic E-state index is 11.9. The Hall–Kier alpha value is -2.10. The predicted molar refractivity (Wildman–Crippen MR) is 63.3 cm³/mol. The highest BCUT2D eigenvalue weighted by atomic mass is 16.3. The molecule has 1 aromatic carbocycles. The fraction of sp³-hybridized carbons (Fsp3) is 0.231. The largest absolute Gasteiger partial charge is 0.508 e.